The highest BCUT2D eigenvalue weighted by Gasteiger charge is 2.22. The van der Waals surface area contributed by atoms with E-state index in [-0.39, 0.29) is 0 Å². The van der Waals surface area contributed by atoms with Gasteiger partial charge < -0.3 is 9.15 Å². The lowest BCUT2D eigenvalue weighted by molar-refractivity contribution is 0.0561. The summed E-state index contributed by atoms with van der Waals surface area (Å²) in [5, 5.41) is 0. The molecule has 0 aliphatic heterocycles. The maximum atomic E-state index is 11.5. The van der Waals surface area contributed by atoms with Crippen LogP contribution in [0.25, 0.3) is 0 Å². The van der Waals surface area contributed by atoms with Gasteiger partial charge in [-0.1, -0.05) is 19.3 Å². The third kappa shape index (κ3) is 2.93. The maximum absolute atomic E-state index is 11.5. The number of hydrogen-bond donors (Lipinski definition) is 0. The number of ether oxygens (including phenoxy) is 1. The molecule has 0 radical (unpaired) electrons. The van der Waals surface area contributed by atoms with Gasteiger partial charge in [0.25, 0.3) is 0 Å². The van der Waals surface area contributed by atoms with Crippen LogP contribution in [0, 0.1) is 0 Å². The summed E-state index contributed by atoms with van der Waals surface area (Å²) in [5.74, 6) is -0.0628. The molecule has 0 aromatic carbocycles. The molecule has 0 spiro atoms. The Morgan fingerprint density at radius 1 is 1.44 bits per heavy atom. The van der Waals surface area contributed by atoms with E-state index < -0.39 is 5.97 Å². The van der Waals surface area contributed by atoms with E-state index in [9.17, 15) is 4.79 Å². The molecular weight excluding hydrogens is 230 g/mol. The molecule has 0 unspecified atom stereocenters. The highest BCUT2D eigenvalue weighted by atomic mass is 16.5. The Balaban J connectivity index is 2.00. The Morgan fingerprint density at radius 2 is 2.17 bits per heavy atom. The van der Waals surface area contributed by atoms with E-state index in [0.29, 0.717) is 11.8 Å². The van der Waals surface area contributed by atoms with E-state index in [1.807, 2.05) is 6.07 Å². The van der Waals surface area contributed by atoms with Gasteiger partial charge in [-0.2, -0.15) is 0 Å². The molecule has 0 amide bonds. The van der Waals surface area contributed by atoms with Gasteiger partial charge in [0, 0.05) is 18.2 Å². The minimum atomic E-state index is -0.396. The Kier molecular flexibility index (Phi) is 4.42. The van der Waals surface area contributed by atoms with E-state index in [1.54, 1.807) is 6.26 Å². The van der Waals surface area contributed by atoms with Gasteiger partial charge in [-0.25, -0.2) is 4.79 Å². The highest BCUT2D eigenvalue weighted by Crippen LogP contribution is 2.24. The zero-order valence-corrected chi connectivity index (χ0v) is 11.1. The molecule has 1 aliphatic carbocycles. The van der Waals surface area contributed by atoms with Crippen molar-refractivity contribution in [2.24, 2.45) is 0 Å². The molecule has 0 bridgehead atoms. The van der Waals surface area contributed by atoms with Crippen LogP contribution in [-0.4, -0.2) is 31.1 Å². The van der Waals surface area contributed by atoms with E-state index in [1.165, 1.54) is 39.2 Å². The van der Waals surface area contributed by atoms with Crippen molar-refractivity contribution in [1.29, 1.82) is 0 Å². The van der Waals surface area contributed by atoms with Gasteiger partial charge in [-0.15, -0.1) is 0 Å². The van der Waals surface area contributed by atoms with Crippen LogP contribution in [0.15, 0.2) is 16.7 Å². The summed E-state index contributed by atoms with van der Waals surface area (Å²) in [6, 6.07) is 2.48. The summed E-state index contributed by atoms with van der Waals surface area (Å²) < 4.78 is 9.92. The Morgan fingerprint density at radius 3 is 2.83 bits per heavy atom. The quantitative estimate of drug-likeness (QED) is 0.772. The first kappa shape index (κ1) is 13.1. The zero-order chi connectivity index (χ0) is 13.0. The molecule has 0 atom stereocenters. The Hall–Kier alpha value is -1.29. The van der Waals surface area contributed by atoms with E-state index in [2.05, 4.69) is 11.9 Å². The first-order valence-electron chi connectivity index (χ1n) is 6.57. The molecule has 1 aromatic heterocycles. The van der Waals surface area contributed by atoms with Gasteiger partial charge in [0.1, 0.15) is 0 Å². The number of rotatable bonds is 4. The number of nitrogens with zero attached hydrogens (tertiary/aromatic N) is 1. The molecule has 0 N–H and O–H groups in total. The molecule has 1 saturated carbocycles. The number of esters is 1. The molecule has 4 nitrogen and oxygen atoms in total. The summed E-state index contributed by atoms with van der Waals surface area (Å²) in [4.78, 5) is 13.8. The number of carbonyl (C=O) groups is 1. The minimum absolute atomic E-state index is 0.333. The molecule has 0 saturated heterocycles. The van der Waals surface area contributed by atoms with Crippen molar-refractivity contribution in [3.63, 3.8) is 0 Å². The van der Waals surface area contributed by atoms with Crippen LogP contribution >= 0.6 is 0 Å². The lowest BCUT2D eigenvalue weighted by Crippen LogP contribution is -2.33. The summed E-state index contributed by atoms with van der Waals surface area (Å²) in [6.45, 7) is 0.742. The van der Waals surface area contributed by atoms with Crippen LogP contribution in [0.5, 0.6) is 0 Å². The van der Waals surface area contributed by atoms with Gasteiger partial charge in [0.15, 0.2) is 0 Å². The van der Waals surface area contributed by atoms with Crippen molar-refractivity contribution >= 4 is 5.97 Å². The van der Waals surface area contributed by atoms with Crippen molar-refractivity contribution in [3.05, 3.63) is 23.7 Å². The van der Waals surface area contributed by atoms with E-state index >= 15 is 0 Å². The molecule has 1 aromatic rings. The van der Waals surface area contributed by atoms with Crippen LogP contribution in [0.2, 0.25) is 0 Å². The van der Waals surface area contributed by atoms with Gasteiger partial charge in [-0.3, -0.25) is 4.90 Å². The SMILES string of the molecule is COC(=O)c1occc1CN(C)C1CCCCC1. The molecule has 1 aliphatic rings. The second kappa shape index (κ2) is 6.05. The standard InChI is InChI=1S/C14H21NO3/c1-15(12-6-4-3-5-7-12)10-11-8-9-18-13(11)14(16)17-2/h8-9,12H,3-7,10H2,1-2H3. The average molecular weight is 251 g/mol. The summed E-state index contributed by atoms with van der Waals surface area (Å²) in [5.41, 5.74) is 0.912. The number of carbonyl (C=O) groups excluding carboxylic acids is 1. The minimum Gasteiger partial charge on any atom is -0.463 e. The van der Waals surface area contributed by atoms with Gasteiger partial charge in [0.05, 0.1) is 13.4 Å². The monoisotopic (exact) mass is 251 g/mol. The van der Waals surface area contributed by atoms with Crippen LogP contribution in [0.1, 0.15) is 48.2 Å². The fourth-order valence-electron chi connectivity index (χ4n) is 2.65. The predicted molar refractivity (Wildman–Crippen MR) is 68.4 cm³/mol. The molecule has 100 valence electrons. The molecule has 18 heavy (non-hydrogen) atoms. The highest BCUT2D eigenvalue weighted by molar-refractivity contribution is 5.87. The Labute approximate surface area is 108 Å². The van der Waals surface area contributed by atoms with Crippen molar-refractivity contribution < 1.29 is 13.9 Å². The van der Waals surface area contributed by atoms with Crippen molar-refractivity contribution in [1.82, 2.24) is 4.90 Å². The van der Waals surface area contributed by atoms with Crippen LogP contribution in [0.3, 0.4) is 0 Å². The number of hydrogen-bond acceptors (Lipinski definition) is 4. The maximum Gasteiger partial charge on any atom is 0.374 e. The van der Waals surface area contributed by atoms with Crippen molar-refractivity contribution in [3.8, 4) is 0 Å². The molecule has 1 heterocycles. The third-order valence-corrected chi connectivity index (χ3v) is 3.74. The largest absolute Gasteiger partial charge is 0.463 e. The van der Waals surface area contributed by atoms with E-state index in [0.717, 1.165) is 12.1 Å². The second-order valence-electron chi connectivity index (χ2n) is 4.97. The van der Waals surface area contributed by atoms with Crippen molar-refractivity contribution in [2.45, 2.75) is 44.7 Å². The molecular formula is C14H21NO3. The topological polar surface area (TPSA) is 42.7 Å². The summed E-state index contributed by atoms with van der Waals surface area (Å²) in [7, 11) is 3.49. The first-order chi connectivity index (χ1) is 8.72. The molecule has 2 rings (SSSR count). The van der Waals surface area contributed by atoms with Gasteiger partial charge >= 0.3 is 5.97 Å². The average Bonchev–Trinajstić information content (AvgIpc) is 2.87. The van der Waals surface area contributed by atoms with Crippen LogP contribution in [-0.2, 0) is 11.3 Å². The predicted octanol–water partition coefficient (Wildman–Crippen LogP) is 2.83. The zero-order valence-electron chi connectivity index (χ0n) is 11.1. The second-order valence-corrected chi connectivity index (χ2v) is 4.97. The summed E-state index contributed by atoms with van der Waals surface area (Å²) in [6.07, 6.45) is 8.03. The number of methoxy groups -OCH3 is 1. The summed E-state index contributed by atoms with van der Waals surface area (Å²) >= 11 is 0. The fourth-order valence-corrected chi connectivity index (χ4v) is 2.65. The van der Waals surface area contributed by atoms with Gasteiger partial charge in [0.2, 0.25) is 5.76 Å². The molecule has 4 heteroatoms. The van der Waals surface area contributed by atoms with Crippen molar-refractivity contribution in [2.75, 3.05) is 14.2 Å². The lowest BCUT2D eigenvalue weighted by Gasteiger charge is -2.30. The Bertz CT molecular complexity index is 393. The van der Waals surface area contributed by atoms with Crippen LogP contribution < -0.4 is 0 Å². The lowest BCUT2D eigenvalue weighted by atomic mass is 9.94. The first-order valence-corrected chi connectivity index (χ1v) is 6.57. The smallest absolute Gasteiger partial charge is 0.374 e. The van der Waals surface area contributed by atoms with Gasteiger partial charge in [-0.05, 0) is 26.0 Å². The third-order valence-electron chi connectivity index (χ3n) is 3.74. The molecule has 1 fully saturated rings. The normalized spacial score (nSPS) is 17.1. The van der Waals surface area contributed by atoms with Crippen LogP contribution in [0.4, 0.5) is 0 Å². The number of furan rings is 1. The fraction of sp³-hybridized carbons (Fsp3) is 0.643. The van der Waals surface area contributed by atoms with E-state index in [4.69, 9.17) is 9.15 Å².